The van der Waals surface area contributed by atoms with E-state index in [0.717, 1.165) is 34.1 Å². The molecule has 158 valence electrons. The number of carbonyl (C=O) groups excluding carboxylic acids is 1. The predicted octanol–water partition coefficient (Wildman–Crippen LogP) is 4.25. The zero-order chi connectivity index (χ0) is 21.7. The number of alkyl halides is 3. The van der Waals surface area contributed by atoms with Crippen LogP contribution in [0, 0.1) is 13.8 Å². The molecule has 0 saturated carbocycles. The Hall–Kier alpha value is -2.81. The van der Waals surface area contributed by atoms with Crippen LogP contribution in [0.4, 0.5) is 13.2 Å². The first-order valence-corrected chi connectivity index (χ1v) is 10.2. The topological polar surface area (TPSA) is 59.8 Å². The average Bonchev–Trinajstić information content (AvgIpc) is 3.07. The highest BCUT2D eigenvalue weighted by molar-refractivity contribution is 7.99. The predicted molar refractivity (Wildman–Crippen MR) is 110 cm³/mol. The second-order valence-corrected chi connectivity index (χ2v) is 7.81. The van der Waals surface area contributed by atoms with Crippen molar-refractivity contribution in [1.82, 2.24) is 20.1 Å². The monoisotopic (exact) mass is 434 g/mol. The molecule has 2 aromatic carbocycles. The van der Waals surface area contributed by atoms with Crippen LogP contribution in [0.2, 0.25) is 0 Å². The SMILES string of the molecule is Cc1ccc(-n2c(Cc3ccccc3)nnc2SCC(=O)NCC(F)(F)F)c(C)c1. The Morgan fingerprint density at radius 1 is 1.10 bits per heavy atom. The first-order valence-electron chi connectivity index (χ1n) is 9.25. The molecule has 30 heavy (non-hydrogen) atoms. The van der Waals surface area contributed by atoms with Crippen LogP contribution in [0.5, 0.6) is 0 Å². The maximum absolute atomic E-state index is 12.3. The molecular weight excluding hydrogens is 413 g/mol. The highest BCUT2D eigenvalue weighted by Gasteiger charge is 2.27. The molecule has 0 bridgehead atoms. The summed E-state index contributed by atoms with van der Waals surface area (Å²) in [5.74, 6) is -0.215. The van der Waals surface area contributed by atoms with Crippen LogP contribution < -0.4 is 5.32 Å². The Morgan fingerprint density at radius 2 is 1.83 bits per heavy atom. The largest absolute Gasteiger partial charge is 0.405 e. The van der Waals surface area contributed by atoms with Gasteiger partial charge in [0.1, 0.15) is 12.4 Å². The standard InChI is InChI=1S/C21H21F3N4OS/c1-14-8-9-17(15(2)10-14)28-18(11-16-6-4-3-5-7-16)26-27-20(28)30-12-19(29)25-13-21(22,23)24/h3-10H,11-13H2,1-2H3,(H,25,29). The van der Waals surface area contributed by atoms with Crippen molar-refractivity contribution in [3.63, 3.8) is 0 Å². The lowest BCUT2D eigenvalue weighted by atomic mass is 10.1. The number of nitrogens with one attached hydrogen (secondary N) is 1. The van der Waals surface area contributed by atoms with Crippen molar-refractivity contribution >= 4 is 17.7 Å². The number of hydrogen-bond acceptors (Lipinski definition) is 4. The molecule has 0 atom stereocenters. The molecule has 1 heterocycles. The Bertz CT molecular complexity index is 1020. The molecule has 0 unspecified atom stereocenters. The highest BCUT2D eigenvalue weighted by Crippen LogP contribution is 2.26. The van der Waals surface area contributed by atoms with E-state index in [1.54, 1.807) is 0 Å². The summed E-state index contributed by atoms with van der Waals surface area (Å²) in [4.78, 5) is 11.8. The summed E-state index contributed by atoms with van der Waals surface area (Å²) in [6.45, 7) is 2.61. The van der Waals surface area contributed by atoms with E-state index in [9.17, 15) is 18.0 Å². The van der Waals surface area contributed by atoms with E-state index in [0.29, 0.717) is 17.4 Å². The molecule has 1 aromatic heterocycles. The molecule has 1 amide bonds. The van der Waals surface area contributed by atoms with E-state index in [2.05, 4.69) is 10.2 Å². The summed E-state index contributed by atoms with van der Waals surface area (Å²) in [5, 5.41) is 10.8. The van der Waals surface area contributed by atoms with Gasteiger partial charge in [-0.2, -0.15) is 13.2 Å². The minimum absolute atomic E-state index is 0.190. The fourth-order valence-corrected chi connectivity index (χ4v) is 3.76. The van der Waals surface area contributed by atoms with Crippen LogP contribution in [-0.4, -0.2) is 39.1 Å². The first-order chi connectivity index (χ1) is 14.2. The summed E-state index contributed by atoms with van der Waals surface area (Å²) in [6, 6.07) is 15.7. The van der Waals surface area contributed by atoms with E-state index in [-0.39, 0.29) is 5.75 Å². The summed E-state index contributed by atoms with van der Waals surface area (Å²) < 4.78 is 38.8. The van der Waals surface area contributed by atoms with Gasteiger partial charge in [-0.15, -0.1) is 10.2 Å². The number of nitrogens with zero attached hydrogens (tertiary/aromatic N) is 3. The lowest BCUT2D eigenvalue weighted by molar-refractivity contribution is -0.136. The van der Waals surface area contributed by atoms with Crippen LogP contribution in [0.15, 0.2) is 53.7 Å². The lowest BCUT2D eigenvalue weighted by Gasteiger charge is -2.14. The lowest BCUT2D eigenvalue weighted by Crippen LogP contribution is -2.34. The normalized spacial score (nSPS) is 11.5. The van der Waals surface area contributed by atoms with Gasteiger partial charge in [-0.05, 0) is 31.0 Å². The molecule has 9 heteroatoms. The number of halogens is 3. The molecule has 0 radical (unpaired) electrons. The van der Waals surface area contributed by atoms with Gasteiger partial charge < -0.3 is 5.32 Å². The molecular formula is C21H21F3N4OS. The molecule has 0 fully saturated rings. The third-order valence-electron chi connectivity index (χ3n) is 4.32. The average molecular weight is 434 g/mol. The molecule has 3 rings (SSSR count). The minimum Gasteiger partial charge on any atom is -0.346 e. The summed E-state index contributed by atoms with van der Waals surface area (Å²) in [6.07, 6.45) is -3.91. The van der Waals surface area contributed by atoms with Crippen molar-refractivity contribution in [2.45, 2.75) is 31.6 Å². The minimum atomic E-state index is -4.44. The third-order valence-corrected chi connectivity index (χ3v) is 5.25. The Balaban J connectivity index is 1.86. The van der Waals surface area contributed by atoms with Crippen molar-refractivity contribution < 1.29 is 18.0 Å². The molecule has 0 spiro atoms. The number of benzene rings is 2. The third kappa shape index (κ3) is 5.85. The van der Waals surface area contributed by atoms with Gasteiger partial charge in [-0.3, -0.25) is 9.36 Å². The van der Waals surface area contributed by atoms with Crippen molar-refractivity contribution in [1.29, 1.82) is 0 Å². The van der Waals surface area contributed by atoms with Crippen LogP contribution in [0.1, 0.15) is 22.5 Å². The van der Waals surface area contributed by atoms with Crippen LogP contribution in [0.25, 0.3) is 5.69 Å². The molecule has 5 nitrogen and oxygen atoms in total. The van der Waals surface area contributed by atoms with Crippen LogP contribution in [0.3, 0.4) is 0 Å². The van der Waals surface area contributed by atoms with Crippen molar-refractivity contribution in [2.75, 3.05) is 12.3 Å². The van der Waals surface area contributed by atoms with Gasteiger partial charge in [0.15, 0.2) is 5.16 Å². The first kappa shape index (κ1) is 21.9. The van der Waals surface area contributed by atoms with Crippen LogP contribution >= 0.6 is 11.8 Å². The van der Waals surface area contributed by atoms with Gasteiger partial charge in [-0.25, -0.2) is 0 Å². The maximum Gasteiger partial charge on any atom is 0.405 e. The summed E-state index contributed by atoms with van der Waals surface area (Å²) >= 11 is 1.05. The van der Waals surface area contributed by atoms with E-state index in [1.807, 2.05) is 72.3 Å². The molecule has 0 saturated heterocycles. The number of aromatic nitrogens is 3. The zero-order valence-electron chi connectivity index (χ0n) is 16.5. The fourth-order valence-electron chi connectivity index (χ4n) is 2.96. The fraction of sp³-hybridized carbons (Fsp3) is 0.286. The smallest absolute Gasteiger partial charge is 0.346 e. The summed E-state index contributed by atoms with van der Waals surface area (Å²) in [5.41, 5.74) is 4.03. The second-order valence-electron chi connectivity index (χ2n) is 6.87. The highest BCUT2D eigenvalue weighted by atomic mass is 32.2. The van der Waals surface area contributed by atoms with E-state index >= 15 is 0 Å². The van der Waals surface area contributed by atoms with Crippen molar-refractivity contribution in [3.05, 3.63) is 71.0 Å². The van der Waals surface area contributed by atoms with Gasteiger partial charge in [0.05, 0.1) is 11.4 Å². The molecule has 3 aromatic rings. The molecule has 0 aliphatic carbocycles. The summed E-state index contributed by atoms with van der Waals surface area (Å²) in [7, 11) is 0. The number of rotatable bonds is 7. The number of amides is 1. The van der Waals surface area contributed by atoms with Gasteiger partial charge in [0.2, 0.25) is 5.91 Å². The molecule has 0 aliphatic heterocycles. The van der Waals surface area contributed by atoms with Gasteiger partial charge in [0, 0.05) is 6.42 Å². The number of carbonyl (C=O) groups is 1. The van der Waals surface area contributed by atoms with E-state index < -0.39 is 18.6 Å². The van der Waals surface area contributed by atoms with Crippen LogP contribution in [-0.2, 0) is 11.2 Å². The van der Waals surface area contributed by atoms with Crippen molar-refractivity contribution in [3.8, 4) is 5.69 Å². The Morgan fingerprint density at radius 3 is 2.50 bits per heavy atom. The number of aryl methyl sites for hydroxylation is 2. The van der Waals surface area contributed by atoms with Gasteiger partial charge >= 0.3 is 6.18 Å². The maximum atomic E-state index is 12.3. The Labute approximate surface area is 176 Å². The molecule has 1 N–H and O–H groups in total. The van der Waals surface area contributed by atoms with Crippen molar-refractivity contribution in [2.24, 2.45) is 0 Å². The van der Waals surface area contributed by atoms with E-state index in [4.69, 9.17) is 0 Å². The quantitative estimate of drug-likeness (QED) is 0.565. The van der Waals surface area contributed by atoms with Gasteiger partial charge in [0.25, 0.3) is 0 Å². The van der Waals surface area contributed by atoms with Gasteiger partial charge in [-0.1, -0.05) is 59.8 Å². The molecule has 0 aliphatic rings. The zero-order valence-corrected chi connectivity index (χ0v) is 17.3. The number of hydrogen-bond donors (Lipinski definition) is 1. The second kappa shape index (κ2) is 9.34. The Kier molecular flexibility index (Phi) is 6.81. The number of thioether (sulfide) groups is 1. The van der Waals surface area contributed by atoms with E-state index in [1.165, 1.54) is 0 Å².